The molecule has 6 heteroatoms. The smallest absolute Gasteiger partial charge is 0.306 e. The van der Waals surface area contributed by atoms with Gasteiger partial charge < -0.3 is 14.6 Å². The van der Waals surface area contributed by atoms with E-state index in [0.29, 0.717) is 28.4 Å². The molecule has 1 saturated carbocycles. The van der Waals surface area contributed by atoms with Crippen LogP contribution in [0.3, 0.4) is 0 Å². The van der Waals surface area contributed by atoms with E-state index in [2.05, 4.69) is 4.74 Å². The Morgan fingerprint density at radius 1 is 1.42 bits per heavy atom. The maximum Gasteiger partial charge on any atom is 0.306 e. The summed E-state index contributed by atoms with van der Waals surface area (Å²) in [6.45, 7) is 3.66. The Bertz CT molecular complexity index is 625. The summed E-state index contributed by atoms with van der Waals surface area (Å²) < 4.78 is 10.3. The molecular weight excluding hydrogens is 332 g/mol. The monoisotopic (exact) mass is 354 g/mol. The number of allylic oxidation sites excluding steroid dienone is 5. The van der Waals surface area contributed by atoms with Crippen LogP contribution in [0, 0.1) is 5.92 Å². The van der Waals surface area contributed by atoms with Gasteiger partial charge in [0.15, 0.2) is 5.78 Å². The van der Waals surface area contributed by atoms with Crippen molar-refractivity contribution in [2.24, 2.45) is 5.92 Å². The summed E-state index contributed by atoms with van der Waals surface area (Å²) in [6, 6.07) is 0. The predicted molar refractivity (Wildman–Crippen MR) is 90.3 cm³/mol. The first-order valence-electron chi connectivity index (χ1n) is 8.00. The van der Waals surface area contributed by atoms with Gasteiger partial charge >= 0.3 is 5.97 Å². The number of esters is 1. The highest BCUT2D eigenvalue weighted by Crippen LogP contribution is 2.37. The minimum absolute atomic E-state index is 0.0255. The van der Waals surface area contributed by atoms with Crippen molar-refractivity contribution in [3.05, 3.63) is 34.1 Å². The Balaban J connectivity index is 2.16. The first-order valence-corrected chi connectivity index (χ1v) is 8.38. The molecule has 0 heterocycles. The first-order chi connectivity index (χ1) is 11.3. The summed E-state index contributed by atoms with van der Waals surface area (Å²) in [7, 11) is 1.30. The maximum absolute atomic E-state index is 12.6. The number of carbonyl (C=O) groups is 2. The number of hydrogen-bond donors (Lipinski definition) is 1. The second-order valence-electron chi connectivity index (χ2n) is 6.44. The molecule has 1 fully saturated rings. The Labute approximate surface area is 147 Å². The van der Waals surface area contributed by atoms with Gasteiger partial charge in [0.1, 0.15) is 12.4 Å². The lowest BCUT2D eigenvalue weighted by molar-refractivity contribution is -0.143. The van der Waals surface area contributed by atoms with E-state index in [0.717, 1.165) is 12.8 Å². The van der Waals surface area contributed by atoms with Crippen molar-refractivity contribution in [3.63, 3.8) is 0 Å². The van der Waals surface area contributed by atoms with Crippen molar-refractivity contribution in [2.45, 2.75) is 45.1 Å². The summed E-state index contributed by atoms with van der Waals surface area (Å²) >= 11 is 6.39. The topological polar surface area (TPSA) is 72.8 Å². The third-order valence-corrected chi connectivity index (χ3v) is 4.82. The summed E-state index contributed by atoms with van der Waals surface area (Å²) in [4.78, 5) is 24.0. The van der Waals surface area contributed by atoms with E-state index in [9.17, 15) is 14.7 Å². The largest absolute Gasteiger partial charge is 0.493 e. The van der Waals surface area contributed by atoms with Crippen LogP contribution in [0.1, 0.15) is 39.5 Å². The maximum atomic E-state index is 12.6. The van der Waals surface area contributed by atoms with Gasteiger partial charge in [-0.2, -0.15) is 0 Å². The standard InChI is InChI=1S/C18H23ClO5/c1-11(9-15(20)23-3)17(21)13-5-4-6-14(16(19)12(13)2)24-10-18(22)7-8-18/h4-5,11,22H,6-10H2,1-3H3. The fourth-order valence-corrected chi connectivity index (χ4v) is 2.65. The Kier molecular flexibility index (Phi) is 5.88. The summed E-state index contributed by atoms with van der Waals surface area (Å²) in [5, 5.41) is 10.3. The van der Waals surface area contributed by atoms with E-state index in [1.165, 1.54) is 7.11 Å². The average molecular weight is 355 g/mol. The van der Waals surface area contributed by atoms with Gasteiger partial charge in [-0.15, -0.1) is 0 Å². The van der Waals surface area contributed by atoms with E-state index in [4.69, 9.17) is 16.3 Å². The predicted octanol–water partition coefficient (Wildman–Crippen LogP) is 3.02. The van der Waals surface area contributed by atoms with Crippen LogP contribution in [0.2, 0.25) is 0 Å². The second-order valence-corrected chi connectivity index (χ2v) is 6.82. The van der Waals surface area contributed by atoms with Crippen molar-refractivity contribution in [3.8, 4) is 0 Å². The highest BCUT2D eigenvalue weighted by molar-refractivity contribution is 6.32. The molecule has 0 aromatic carbocycles. The minimum atomic E-state index is -0.731. The molecule has 5 nitrogen and oxygen atoms in total. The van der Waals surface area contributed by atoms with Gasteiger partial charge in [0.2, 0.25) is 0 Å². The van der Waals surface area contributed by atoms with Crippen molar-refractivity contribution in [1.82, 2.24) is 0 Å². The zero-order chi connectivity index (χ0) is 17.9. The number of ether oxygens (including phenoxy) is 2. The highest BCUT2D eigenvalue weighted by Gasteiger charge is 2.41. The molecule has 0 aromatic rings. The molecule has 0 bridgehead atoms. The highest BCUT2D eigenvalue weighted by atomic mass is 35.5. The number of Topliss-reactive ketones (excluding diaryl/α,β-unsaturated/α-hetero) is 1. The van der Waals surface area contributed by atoms with Gasteiger partial charge in [0, 0.05) is 17.9 Å². The fraction of sp³-hybridized carbons (Fsp3) is 0.556. The number of methoxy groups -OCH3 is 1. The lowest BCUT2D eigenvalue weighted by Crippen LogP contribution is -2.18. The van der Waals surface area contributed by atoms with Crippen LogP contribution >= 0.6 is 11.6 Å². The molecule has 1 unspecified atom stereocenters. The molecule has 1 atom stereocenters. The lowest BCUT2D eigenvalue weighted by atomic mass is 9.93. The molecule has 2 aliphatic rings. The molecule has 132 valence electrons. The number of aliphatic hydroxyl groups is 1. The minimum Gasteiger partial charge on any atom is -0.493 e. The number of carbonyl (C=O) groups excluding carboxylic acids is 2. The van der Waals surface area contributed by atoms with Crippen LogP contribution < -0.4 is 0 Å². The average Bonchev–Trinajstić information content (AvgIpc) is 3.31. The van der Waals surface area contributed by atoms with E-state index in [1.54, 1.807) is 19.9 Å². The number of halogens is 1. The lowest BCUT2D eigenvalue weighted by Gasteiger charge is -2.15. The van der Waals surface area contributed by atoms with E-state index < -0.39 is 17.5 Å². The first kappa shape index (κ1) is 18.7. The van der Waals surface area contributed by atoms with Gasteiger partial charge in [-0.1, -0.05) is 30.7 Å². The second kappa shape index (κ2) is 7.53. The zero-order valence-corrected chi connectivity index (χ0v) is 15.0. The third kappa shape index (κ3) is 4.48. The van der Waals surface area contributed by atoms with Gasteiger partial charge in [-0.3, -0.25) is 9.59 Å². The molecule has 2 aliphatic carbocycles. The molecule has 0 aromatic heterocycles. The molecule has 0 aliphatic heterocycles. The number of hydrogen-bond acceptors (Lipinski definition) is 5. The normalized spacial score (nSPS) is 20.5. The molecule has 2 rings (SSSR count). The third-order valence-electron chi connectivity index (χ3n) is 4.32. The Hall–Kier alpha value is -1.59. The summed E-state index contributed by atoms with van der Waals surface area (Å²) in [6.07, 6.45) is 5.47. The van der Waals surface area contributed by atoms with E-state index in [1.807, 2.05) is 6.08 Å². The quantitative estimate of drug-likeness (QED) is 0.711. The van der Waals surface area contributed by atoms with Crippen LogP contribution in [-0.2, 0) is 19.1 Å². The van der Waals surface area contributed by atoms with Crippen LogP contribution in [0.15, 0.2) is 34.1 Å². The molecule has 0 amide bonds. The molecule has 0 saturated heterocycles. The van der Waals surface area contributed by atoms with Crippen molar-refractivity contribution < 1.29 is 24.2 Å². The summed E-state index contributed by atoms with van der Waals surface area (Å²) in [5.74, 6) is -0.523. The van der Waals surface area contributed by atoms with Crippen LogP contribution in [0.5, 0.6) is 0 Å². The number of rotatable bonds is 7. The van der Waals surface area contributed by atoms with Gasteiger partial charge in [0.25, 0.3) is 0 Å². The molecule has 24 heavy (non-hydrogen) atoms. The zero-order valence-electron chi connectivity index (χ0n) is 14.2. The molecule has 0 spiro atoms. The van der Waals surface area contributed by atoms with Gasteiger partial charge in [0.05, 0.1) is 24.2 Å². The molecule has 1 N–H and O–H groups in total. The van der Waals surface area contributed by atoms with Gasteiger partial charge in [-0.05, 0) is 25.3 Å². The molecular formula is C18H23ClO5. The van der Waals surface area contributed by atoms with Crippen molar-refractivity contribution in [2.75, 3.05) is 13.7 Å². The Morgan fingerprint density at radius 3 is 2.67 bits per heavy atom. The van der Waals surface area contributed by atoms with Crippen molar-refractivity contribution in [1.29, 1.82) is 0 Å². The van der Waals surface area contributed by atoms with Crippen LogP contribution in [0.25, 0.3) is 0 Å². The van der Waals surface area contributed by atoms with Crippen LogP contribution in [-0.4, -0.2) is 36.2 Å². The Morgan fingerprint density at radius 2 is 2.08 bits per heavy atom. The fourth-order valence-electron chi connectivity index (χ4n) is 2.42. The van der Waals surface area contributed by atoms with E-state index in [-0.39, 0.29) is 18.8 Å². The van der Waals surface area contributed by atoms with Crippen molar-refractivity contribution >= 4 is 23.4 Å². The van der Waals surface area contributed by atoms with Gasteiger partial charge in [-0.25, -0.2) is 0 Å². The van der Waals surface area contributed by atoms with Crippen LogP contribution in [0.4, 0.5) is 0 Å². The summed E-state index contributed by atoms with van der Waals surface area (Å²) in [5.41, 5.74) is 0.357. The molecule has 0 radical (unpaired) electrons. The number of ketones is 1. The van der Waals surface area contributed by atoms with E-state index >= 15 is 0 Å². The SMILES string of the molecule is COC(=O)CC(C)C(=O)C1=C(C)C(Cl)=C(OCC2(O)CC2)CC=C1.